The Labute approximate surface area is 96.8 Å². The van der Waals surface area contributed by atoms with Gasteiger partial charge in [-0.1, -0.05) is 32.0 Å². The smallest absolute Gasteiger partial charge is 0.258 e. The first-order valence-electron chi connectivity index (χ1n) is 5.57. The van der Waals surface area contributed by atoms with Crippen LogP contribution in [0.3, 0.4) is 0 Å². The van der Waals surface area contributed by atoms with Crippen LogP contribution >= 0.6 is 0 Å². The predicted molar refractivity (Wildman–Crippen MR) is 64.4 cm³/mol. The Hall–Kier alpha value is -1.51. The Kier molecular flexibility index (Phi) is 4.83. The Balaban J connectivity index is 2.31. The molecule has 0 aliphatic carbocycles. The van der Waals surface area contributed by atoms with Crippen LogP contribution in [0.15, 0.2) is 30.3 Å². The van der Waals surface area contributed by atoms with E-state index in [1.807, 2.05) is 37.3 Å². The molecule has 0 unspecified atom stereocenters. The van der Waals surface area contributed by atoms with Gasteiger partial charge in [-0.05, 0) is 25.0 Å². The van der Waals surface area contributed by atoms with Crippen LogP contribution in [-0.4, -0.2) is 18.6 Å². The van der Waals surface area contributed by atoms with E-state index in [0.717, 1.165) is 5.75 Å². The minimum Gasteiger partial charge on any atom is -0.484 e. The minimum absolute atomic E-state index is 0.0705. The number of carbonyl (C=O) groups excluding carboxylic acids is 1. The van der Waals surface area contributed by atoms with Gasteiger partial charge in [-0.3, -0.25) is 4.79 Å². The van der Waals surface area contributed by atoms with Crippen LogP contribution in [0.25, 0.3) is 0 Å². The highest BCUT2D eigenvalue weighted by Gasteiger charge is 2.10. The monoisotopic (exact) mass is 221 g/mol. The molecule has 0 bridgehead atoms. The first-order chi connectivity index (χ1) is 7.59. The molecule has 0 heterocycles. The highest BCUT2D eigenvalue weighted by atomic mass is 16.5. The molecule has 0 fully saturated rings. The van der Waals surface area contributed by atoms with Crippen LogP contribution in [0.2, 0.25) is 0 Å². The van der Waals surface area contributed by atoms with Gasteiger partial charge in [0.25, 0.3) is 5.91 Å². The van der Waals surface area contributed by atoms with Crippen molar-refractivity contribution in [1.82, 2.24) is 5.32 Å². The molecule has 0 aliphatic rings. The van der Waals surface area contributed by atoms with E-state index < -0.39 is 0 Å². The Morgan fingerprint density at radius 1 is 1.25 bits per heavy atom. The van der Waals surface area contributed by atoms with Crippen LogP contribution in [0, 0.1) is 5.92 Å². The molecule has 1 rings (SSSR count). The lowest BCUT2D eigenvalue weighted by atomic mass is 10.1. The normalized spacial score (nSPS) is 12.2. The van der Waals surface area contributed by atoms with Crippen molar-refractivity contribution in [3.05, 3.63) is 30.3 Å². The average molecular weight is 221 g/mol. The van der Waals surface area contributed by atoms with Crippen LogP contribution in [0.1, 0.15) is 20.8 Å². The fourth-order valence-electron chi connectivity index (χ4n) is 1.13. The predicted octanol–water partition coefficient (Wildman–Crippen LogP) is 2.23. The number of benzene rings is 1. The lowest BCUT2D eigenvalue weighted by molar-refractivity contribution is -0.124. The summed E-state index contributed by atoms with van der Waals surface area (Å²) in [7, 11) is 0. The molecule has 1 aromatic carbocycles. The van der Waals surface area contributed by atoms with E-state index in [9.17, 15) is 4.79 Å². The molecular weight excluding hydrogens is 202 g/mol. The van der Waals surface area contributed by atoms with Crippen molar-refractivity contribution in [2.24, 2.45) is 5.92 Å². The third-order valence-electron chi connectivity index (χ3n) is 2.50. The number of ether oxygens (including phenoxy) is 1. The van der Waals surface area contributed by atoms with E-state index in [1.165, 1.54) is 0 Å². The second-order valence-electron chi connectivity index (χ2n) is 4.20. The number of hydrogen-bond donors (Lipinski definition) is 1. The first-order valence-corrected chi connectivity index (χ1v) is 5.57. The van der Waals surface area contributed by atoms with Crippen molar-refractivity contribution in [3.8, 4) is 5.75 Å². The lowest BCUT2D eigenvalue weighted by Gasteiger charge is -2.17. The number of amides is 1. The van der Waals surface area contributed by atoms with Crippen molar-refractivity contribution in [2.45, 2.75) is 26.8 Å². The summed E-state index contributed by atoms with van der Waals surface area (Å²) in [6.07, 6.45) is 0. The van der Waals surface area contributed by atoms with Crippen molar-refractivity contribution in [2.75, 3.05) is 6.61 Å². The molecule has 3 heteroatoms. The van der Waals surface area contributed by atoms with Gasteiger partial charge in [-0.15, -0.1) is 0 Å². The van der Waals surface area contributed by atoms with E-state index >= 15 is 0 Å². The summed E-state index contributed by atoms with van der Waals surface area (Å²) < 4.78 is 5.34. The molecule has 0 aliphatic heterocycles. The fraction of sp³-hybridized carbons (Fsp3) is 0.462. The Morgan fingerprint density at radius 3 is 2.44 bits per heavy atom. The summed E-state index contributed by atoms with van der Waals surface area (Å²) in [5.74, 6) is 1.07. The number of nitrogens with one attached hydrogen (secondary N) is 1. The Bertz CT molecular complexity index is 322. The summed E-state index contributed by atoms with van der Waals surface area (Å²) in [5, 5.41) is 2.89. The largest absolute Gasteiger partial charge is 0.484 e. The number of para-hydroxylation sites is 1. The van der Waals surface area contributed by atoms with E-state index in [2.05, 4.69) is 19.2 Å². The summed E-state index contributed by atoms with van der Waals surface area (Å²) in [6, 6.07) is 9.51. The van der Waals surface area contributed by atoms with Crippen LogP contribution in [0.4, 0.5) is 0 Å². The maximum atomic E-state index is 11.5. The topological polar surface area (TPSA) is 38.3 Å². The molecule has 88 valence electrons. The lowest BCUT2D eigenvalue weighted by Crippen LogP contribution is -2.38. The van der Waals surface area contributed by atoms with Crippen LogP contribution in [-0.2, 0) is 4.79 Å². The SMILES string of the molecule is CC(C)[C@H](C)NC(=O)COc1ccccc1. The van der Waals surface area contributed by atoms with Crippen molar-refractivity contribution in [3.63, 3.8) is 0 Å². The zero-order chi connectivity index (χ0) is 12.0. The number of hydrogen-bond acceptors (Lipinski definition) is 2. The fourth-order valence-corrected chi connectivity index (χ4v) is 1.13. The summed E-state index contributed by atoms with van der Waals surface area (Å²) >= 11 is 0. The summed E-state index contributed by atoms with van der Waals surface area (Å²) in [6.45, 7) is 6.21. The highest BCUT2D eigenvalue weighted by Crippen LogP contribution is 2.07. The summed E-state index contributed by atoms with van der Waals surface area (Å²) in [5.41, 5.74) is 0. The zero-order valence-electron chi connectivity index (χ0n) is 10.1. The third kappa shape index (κ3) is 4.34. The molecule has 1 aromatic rings. The standard InChI is InChI=1S/C13H19NO2/c1-10(2)11(3)14-13(15)9-16-12-7-5-4-6-8-12/h4-8,10-11H,9H2,1-3H3,(H,14,15)/t11-/m0/s1. The van der Waals surface area contributed by atoms with Crippen molar-refractivity contribution in [1.29, 1.82) is 0 Å². The van der Waals surface area contributed by atoms with Gasteiger partial charge in [0.15, 0.2) is 6.61 Å². The molecule has 3 nitrogen and oxygen atoms in total. The maximum Gasteiger partial charge on any atom is 0.258 e. The third-order valence-corrected chi connectivity index (χ3v) is 2.50. The number of rotatable bonds is 5. The van der Waals surface area contributed by atoms with E-state index in [0.29, 0.717) is 5.92 Å². The van der Waals surface area contributed by atoms with Crippen molar-refractivity contribution < 1.29 is 9.53 Å². The molecule has 0 saturated heterocycles. The zero-order valence-corrected chi connectivity index (χ0v) is 10.1. The second-order valence-corrected chi connectivity index (χ2v) is 4.20. The Morgan fingerprint density at radius 2 is 1.88 bits per heavy atom. The molecule has 1 atom stereocenters. The molecule has 1 amide bonds. The van der Waals surface area contributed by atoms with Gasteiger partial charge in [0.05, 0.1) is 0 Å². The quantitative estimate of drug-likeness (QED) is 0.828. The molecule has 0 aromatic heterocycles. The van der Waals surface area contributed by atoms with E-state index in [4.69, 9.17) is 4.74 Å². The van der Waals surface area contributed by atoms with Crippen LogP contribution in [0.5, 0.6) is 5.75 Å². The second kappa shape index (κ2) is 6.16. The molecule has 1 N–H and O–H groups in total. The van der Waals surface area contributed by atoms with Gasteiger partial charge in [0.2, 0.25) is 0 Å². The number of carbonyl (C=O) groups is 1. The van der Waals surface area contributed by atoms with Gasteiger partial charge in [0, 0.05) is 6.04 Å². The molecule has 0 radical (unpaired) electrons. The average Bonchev–Trinajstić information content (AvgIpc) is 2.27. The van der Waals surface area contributed by atoms with Crippen LogP contribution < -0.4 is 10.1 Å². The van der Waals surface area contributed by atoms with Gasteiger partial charge in [0.1, 0.15) is 5.75 Å². The maximum absolute atomic E-state index is 11.5. The van der Waals surface area contributed by atoms with Gasteiger partial charge in [-0.25, -0.2) is 0 Å². The molecular formula is C13H19NO2. The van der Waals surface area contributed by atoms with Crippen molar-refractivity contribution >= 4 is 5.91 Å². The molecule has 16 heavy (non-hydrogen) atoms. The molecule has 0 saturated carbocycles. The molecule has 0 spiro atoms. The first kappa shape index (κ1) is 12.6. The van der Waals surface area contributed by atoms with Gasteiger partial charge in [-0.2, -0.15) is 0 Å². The summed E-state index contributed by atoms with van der Waals surface area (Å²) in [4.78, 5) is 11.5. The van der Waals surface area contributed by atoms with E-state index in [-0.39, 0.29) is 18.6 Å². The highest BCUT2D eigenvalue weighted by molar-refractivity contribution is 5.77. The van der Waals surface area contributed by atoms with Gasteiger partial charge < -0.3 is 10.1 Å². The van der Waals surface area contributed by atoms with E-state index in [1.54, 1.807) is 0 Å². The minimum atomic E-state index is -0.0787. The van der Waals surface area contributed by atoms with Gasteiger partial charge >= 0.3 is 0 Å².